The second-order valence-corrected chi connectivity index (χ2v) is 14.4. The maximum Gasteiger partial charge on any atom is 0.337 e. The summed E-state index contributed by atoms with van der Waals surface area (Å²) in [5.74, 6) is -1.78. The predicted octanol–water partition coefficient (Wildman–Crippen LogP) is 5.77. The van der Waals surface area contributed by atoms with E-state index in [1.165, 1.54) is 4.90 Å². The standard InChI is InChI=1S/C36H37Cl2FN4O6/c1-20-13-40(7-8-42(20)25-17-48-18-25)24-9-29(37)33(30(38)10-24)35(44)41-14-21-3-2-4-26(34(21)49-19-41)27-12-32(28(36(45)46)11-31(27)39)43-22-5-6-23(43)16-47-15-22/h2-4,9-12,20,22-23,25H,5-8,13-19H2,1H3,(H,45,46). The van der Waals surface area contributed by atoms with Crippen LogP contribution in [0.5, 0.6) is 5.75 Å². The van der Waals surface area contributed by atoms with Crippen molar-refractivity contribution in [1.29, 1.82) is 0 Å². The van der Waals surface area contributed by atoms with E-state index < -0.39 is 11.8 Å². The lowest BCUT2D eigenvalue weighted by Crippen LogP contribution is -2.60. The molecule has 3 atom stereocenters. The van der Waals surface area contributed by atoms with Gasteiger partial charge < -0.3 is 34.0 Å². The molecule has 0 aliphatic carbocycles. The van der Waals surface area contributed by atoms with Crippen LogP contribution >= 0.6 is 23.2 Å². The Morgan fingerprint density at radius 1 is 0.918 bits per heavy atom. The number of para-hydroxylation sites is 1. The summed E-state index contributed by atoms with van der Waals surface area (Å²) in [5, 5.41) is 10.5. The lowest BCUT2D eigenvalue weighted by molar-refractivity contribution is -0.0792. The van der Waals surface area contributed by atoms with Crippen molar-refractivity contribution in [1.82, 2.24) is 9.80 Å². The van der Waals surface area contributed by atoms with Crippen LogP contribution in [0.1, 0.15) is 46.0 Å². The van der Waals surface area contributed by atoms with Crippen molar-refractivity contribution in [3.05, 3.63) is 75.0 Å². The van der Waals surface area contributed by atoms with Gasteiger partial charge in [-0.2, -0.15) is 0 Å². The normalized spacial score (nSPS) is 24.0. The van der Waals surface area contributed by atoms with Gasteiger partial charge in [0.15, 0.2) is 6.73 Å². The number of amides is 1. The smallest absolute Gasteiger partial charge is 0.337 e. The Bertz CT molecular complexity index is 1790. The third-order valence-corrected chi connectivity index (χ3v) is 11.2. The Morgan fingerprint density at radius 3 is 2.27 bits per heavy atom. The number of hydrogen-bond donors (Lipinski definition) is 1. The summed E-state index contributed by atoms with van der Waals surface area (Å²) in [6.07, 6.45) is 1.77. The monoisotopic (exact) mass is 710 g/mol. The van der Waals surface area contributed by atoms with Crippen LogP contribution in [0, 0.1) is 5.82 Å². The molecule has 258 valence electrons. The molecule has 49 heavy (non-hydrogen) atoms. The number of carbonyl (C=O) groups excluding carboxylic acids is 1. The van der Waals surface area contributed by atoms with Crippen LogP contribution in [0.2, 0.25) is 10.0 Å². The van der Waals surface area contributed by atoms with E-state index in [-0.39, 0.29) is 58.0 Å². The molecule has 0 spiro atoms. The number of halogens is 3. The number of rotatable bonds is 6. The molecule has 2 bridgehead atoms. The molecule has 10 nitrogen and oxygen atoms in total. The van der Waals surface area contributed by atoms with Crippen LogP contribution in [0.4, 0.5) is 15.8 Å². The zero-order valence-corrected chi connectivity index (χ0v) is 28.6. The van der Waals surface area contributed by atoms with Gasteiger partial charge in [-0.1, -0.05) is 41.4 Å². The lowest BCUT2D eigenvalue weighted by Gasteiger charge is -2.47. The molecule has 0 aromatic heterocycles. The van der Waals surface area contributed by atoms with Gasteiger partial charge in [0.2, 0.25) is 0 Å². The van der Waals surface area contributed by atoms with Crippen LogP contribution in [-0.4, -0.2) is 104 Å². The second-order valence-electron chi connectivity index (χ2n) is 13.6. The first-order valence-electron chi connectivity index (χ1n) is 16.7. The zero-order valence-electron chi connectivity index (χ0n) is 27.0. The van der Waals surface area contributed by atoms with E-state index in [4.69, 9.17) is 37.4 Å². The average molecular weight is 712 g/mol. The summed E-state index contributed by atoms with van der Waals surface area (Å²) < 4.78 is 33.0. The molecule has 3 aromatic carbocycles. The van der Waals surface area contributed by atoms with Gasteiger partial charge in [0, 0.05) is 48.1 Å². The summed E-state index contributed by atoms with van der Waals surface area (Å²) >= 11 is 13.5. The molecule has 13 heteroatoms. The molecule has 5 aliphatic heterocycles. The van der Waals surface area contributed by atoms with E-state index in [2.05, 4.69) is 21.6 Å². The molecular formula is C36H37Cl2FN4O6. The minimum atomic E-state index is -1.19. The Balaban J connectivity index is 1.04. The minimum Gasteiger partial charge on any atom is -0.478 e. The summed E-state index contributed by atoms with van der Waals surface area (Å²) in [7, 11) is 0. The first kappa shape index (κ1) is 32.6. The first-order chi connectivity index (χ1) is 23.7. The number of morpholine rings is 1. The predicted molar refractivity (Wildman–Crippen MR) is 184 cm³/mol. The number of benzene rings is 3. The molecule has 4 saturated heterocycles. The van der Waals surface area contributed by atoms with Crippen molar-refractivity contribution >= 4 is 46.5 Å². The molecule has 3 unspecified atom stereocenters. The van der Waals surface area contributed by atoms with Crippen molar-refractivity contribution in [3.63, 3.8) is 0 Å². The van der Waals surface area contributed by atoms with Gasteiger partial charge in [-0.3, -0.25) is 9.69 Å². The summed E-state index contributed by atoms with van der Waals surface area (Å²) in [6.45, 7) is 7.37. The summed E-state index contributed by atoms with van der Waals surface area (Å²) in [4.78, 5) is 34.4. The number of carboxylic acids is 1. The first-order valence-corrected chi connectivity index (χ1v) is 17.5. The average Bonchev–Trinajstić information content (AvgIpc) is 3.30. The van der Waals surface area contributed by atoms with Gasteiger partial charge in [0.05, 0.1) is 78.0 Å². The van der Waals surface area contributed by atoms with Gasteiger partial charge >= 0.3 is 5.97 Å². The zero-order chi connectivity index (χ0) is 34.0. The molecule has 5 aliphatic rings. The number of anilines is 2. The molecular weight excluding hydrogens is 674 g/mol. The maximum atomic E-state index is 15.7. The number of nitrogens with zero attached hydrogens (tertiary/aromatic N) is 4. The highest BCUT2D eigenvalue weighted by atomic mass is 35.5. The third kappa shape index (κ3) is 5.79. The molecule has 3 aromatic rings. The van der Waals surface area contributed by atoms with Crippen molar-refractivity contribution in [2.24, 2.45) is 0 Å². The molecule has 8 rings (SSSR count). The molecule has 4 fully saturated rings. The Hall–Kier alpha value is -3.61. The number of fused-ring (bicyclic) bond motifs is 3. The number of aromatic carboxylic acids is 1. The molecule has 0 saturated carbocycles. The Kier molecular flexibility index (Phi) is 8.60. The number of ether oxygens (including phenoxy) is 3. The van der Waals surface area contributed by atoms with Gasteiger partial charge in [-0.05, 0) is 44.0 Å². The SMILES string of the molecule is CC1CN(c2cc(Cl)c(C(=O)N3COc4c(cccc4-c4cc(N5C6CCC5COC6)c(C(=O)O)cc4F)C3)c(Cl)c2)CCN1C1COC1. The van der Waals surface area contributed by atoms with E-state index >= 15 is 4.39 Å². The molecule has 1 amide bonds. The fraction of sp³-hybridized carbons (Fsp3) is 0.444. The Morgan fingerprint density at radius 2 is 1.61 bits per heavy atom. The maximum absolute atomic E-state index is 15.7. The van der Waals surface area contributed by atoms with Crippen LogP contribution < -0.4 is 14.5 Å². The quantitative estimate of drug-likeness (QED) is 0.342. The number of carbonyl (C=O) groups is 2. The highest BCUT2D eigenvalue weighted by Crippen LogP contribution is 2.43. The topological polar surface area (TPSA) is 95.0 Å². The molecule has 5 heterocycles. The fourth-order valence-corrected chi connectivity index (χ4v) is 8.70. The highest BCUT2D eigenvalue weighted by molar-refractivity contribution is 6.40. The minimum absolute atomic E-state index is 0.0321. The number of hydrogen-bond acceptors (Lipinski definition) is 8. The van der Waals surface area contributed by atoms with Crippen molar-refractivity contribution in [2.45, 2.75) is 50.5 Å². The third-order valence-electron chi connectivity index (χ3n) is 10.6. The van der Waals surface area contributed by atoms with Gasteiger partial charge in [-0.15, -0.1) is 0 Å². The van der Waals surface area contributed by atoms with E-state index in [0.717, 1.165) is 57.4 Å². The summed E-state index contributed by atoms with van der Waals surface area (Å²) in [6, 6.07) is 12.5. The van der Waals surface area contributed by atoms with Crippen LogP contribution in [0.3, 0.4) is 0 Å². The van der Waals surface area contributed by atoms with E-state index in [1.54, 1.807) is 30.3 Å². The van der Waals surface area contributed by atoms with Crippen LogP contribution in [-0.2, 0) is 16.0 Å². The van der Waals surface area contributed by atoms with Gasteiger partial charge in [-0.25, -0.2) is 9.18 Å². The van der Waals surface area contributed by atoms with Crippen molar-refractivity contribution < 1.29 is 33.3 Å². The second kappa shape index (κ2) is 12.9. The van der Waals surface area contributed by atoms with Gasteiger partial charge in [0.25, 0.3) is 5.91 Å². The molecule has 0 radical (unpaired) electrons. The molecule has 1 N–H and O–H groups in total. The summed E-state index contributed by atoms with van der Waals surface area (Å²) in [5.41, 5.74) is 2.87. The van der Waals surface area contributed by atoms with Crippen LogP contribution in [0.25, 0.3) is 11.1 Å². The lowest BCUT2D eigenvalue weighted by atomic mass is 9.96. The van der Waals surface area contributed by atoms with Gasteiger partial charge in [0.1, 0.15) is 11.6 Å². The largest absolute Gasteiger partial charge is 0.478 e. The Labute approximate surface area is 293 Å². The van der Waals surface area contributed by atoms with E-state index in [1.807, 2.05) is 6.07 Å². The van der Waals surface area contributed by atoms with E-state index in [9.17, 15) is 14.7 Å². The van der Waals surface area contributed by atoms with Crippen molar-refractivity contribution in [2.75, 3.05) is 62.6 Å². The van der Waals surface area contributed by atoms with Crippen LogP contribution in [0.15, 0.2) is 42.5 Å². The van der Waals surface area contributed by atoms with E-state index in [0.29, 0.717) is 47.9 Å². The fourth-order valence-electron chi connectivity index (χ4n) is 8.06. The number of piperazine rings is 1. The highest BCUT2D eigenvalue weighted by Gasteiger charge is 2.40. The van der Waals surface area contributed by atoms with Crippen molar-refractivity contribution in [3.8, 4) is 16.9 Å². The number of carboxylic acid groups (broad SMARTS) is 1.